The molecule has 0 saturated carbocycles. The maximum Gasteiger partial charge on any atom is 1.00 e. The molecule has 2 aromatic rings. The summed E-state index contributed by atoms with van der Waals surface area (Å²) in [5.41, 5.74) is 0. The summed E-state index contributed by atoms with van der Waals surface area (Å²) in [7, 11) is 0. The van der Waals surface area contributed by atoms with Gasteiger partial charge >= 0.3 is 18.9 Å². The Morgan fingerprint density at radius 2 is 1.64 bits per heavy atom. The van der Waals surface area contributed by atoms with Crippen molar-refractivity contribution in [2.45, 2.75) is 0 Å². The van der Waals surface area contributed by atoms with E-state index in [4.69, 9.17) is 0 Å². The molecule has 0 bridgehead atoms. The van der Waals surface area contributed by atoms with Gasteiger partial charge in [0.15, 0.2) is 0 Å². The van der Waals surface area contributed by atoms with Gasteiger partial charge < -0.3 is 0 Å². The maximum absolute atomic E-state index is 3.04. The van der Waals surface area contributed by atoms with Gasteiger partial charge in [-0.05, 0) is 0 Å². The Balaban J connectivity index is 0.000000605. The van der Waals surface area contributed by atoms with Crippen molar-refractivity contribution < 1.29 is 18.9 Å². The van der Waals surface area contributed by atoms with Gasteiger partial charge in [0.2, 0.25) is 0 Å². The summed E-state index contributed by atoms with van der Waals surface area (Å²) in [5.74, 6) is 0. The predicted molar refractivity (Wildman–Crippen MR) is 42.8 cm³/mol. The SMILES string of the molecule is [Li+].[c-]1ccc2ccccc2c1. The van der Waals surface area contributed by atoms with Gasteiger partial charge in [-0.25, -0.2) is 0 Å². The largest absolute Gasteiger partial charge is 1.00 e. The summed E-state index contributed by atoms with van der Waals surface area (Å²) in [5, 5.41) is 2.53. The van der Waals surface area contributed by atoms with Crippen molar-refractivity contribution in [2.24, 2.45) is 0 Å². The van der Waals surface area contributed by atoms with Crippen molar-refractivity contribution in [3.8, 4) is 0 Å². The molecule has 0 aliphatic carbocycles. The molecule has 0 aliphatic heterocycles. The van der Waals surface area contributed by atoms with E-state index < -0.39 is 0 Å². The molecule has 0 aliphatic rings. The van der Waals surface area contributed by atoms with Crippen LogP contribution < -0.4 is 18.9 Å². The molecule has 0 unspecified atom stereocenters. The topological polar surface area (TPSA) is 0 Å². The molecule has 1 heteroatoms. The minimum absolute atomic E-state index is 0. The Bertz CT molecular complexity index is 276. The van der Waals surface area contributed by atoms with Crippen LogP contribution in [0, 0.1) is 6.07 Å². The number of benzene rings is 2. The van der Waals surface area contributed by atoms with Crippen molar-refractivity contribution in [3.05, 3.63) is 48.5 Å². The Kier molecular flexibility index (Phi) is 2.76. The summed E-state index contributed by atoms with van der Waals surface area (Å²) >= 11 is 0. The zero-order valence-electron chi connectivity index (χ0n) is 6.54. The molecule has 0 aromatic heterocycles. The van der Waals surface area contributed by atoms with Crippen molar-refractivity contribution in [1.29, 1.82) is 0 Å². The van der Waals surface area contributed by atoms with Crippen LogP contribution in [0.2, 0.25) is 0 Å². The zero-order valence-corrected chi connectivity index (χ0v) is 6.54. The van der Waals surface area contributed by atoms with Gasteiger partial charge in [-0.15, -0.1) is 16.8 Å². The van der Waals surface area contributed by atoms with Gasteiger partial charge in [0.1, 0.15) is 0 Å². The van der Waals surface area contributed by atoms with Gasteiger partial charge in [-0.1, -0.05) is 18.2 Å². The molecule has 0 N–H and O–H groups in total. The van der Waals surface area contributed by atoms with Crippen LogP contribution in [0.4, 0.5) is 0 Å². The van der Waals surface area contributed by atoms with E-state index in [1.54, 1.807) is 0 Å². The number of hydrogen-bond donors (Lipinski definition) is 0. The van der Waals surface area contributed by atoms with E-state index in [0.717, 1.165) is 0 Å². The summed E-state index contributed by atoms with van der Waals surface area (Å²) < 4.78 is 0. The normalized spacial score (nSPS) is 9.09. The summed E-state index contributed by atoms with van der Waals surface area (Å²) in [6.07, 6.45) is 0. The summed E-state index contributed by atoms with van der Waals surface area (Å²) in [4.78, 5) is 0. The first-order valence-electron chi connectivity index (χ1n) is 3.32. The Morgan fingerprint density at radius 1 is 0.909 bits per heavy atom. The average molecular weight is 134 g/mol. The van der Waals surface area contributed by atoms with E-state index in [-0.39, 0.29) is 18.9 Å². The fraction of sp³-hybridized carbons (Fsp3) is 0. The second-order valence-electron chi connectivity index (χ2n) is 2.27. The first-order valence-corrected chi connectivity index (χ1v) is 3.32. The number of hydrogen-bond acceptors (Lipinski definition) is 0. The van der Waals surface area contributed by atoms with Gasteiger partial charge in [-0.2, -0.15) is 24.3 Å². The van der Waals surface area contributed by atoms with Crippen molar-refractivity contribution in [3.63, 3.8) is 0 Å². The van der Waals surface area contributed by atoms with Crippen LogP contribution in [-0.4, -0.2) is 0 Å². The molecule has 11 heavy (non-hydrogen) atoms. The molecule has 0 amide bonds. The molecule has 0 saturated heterocycles. The van der Waals surface area contributed by atoms with Crippen LogP contribution >= 0.6 is 0 Å². The second-order valence-corrected chi connectivity index (χ2v) is 2.27. The molecule has 0 fully saturated rings. The third-order valence-corrected chi connectivity index (χ3v) is 1.59. The maximum atomic E-state index is 3.04. The van der Waals surface area contributed by atoms with E-state index >= 15 is 0 Å². The molecular weight excluding hydrogens is 127 g/mol. The molecular formula is C10H7Li. The van der Waals surface area contributed by atoms with Crippen molar-refractivity contribution in [1.82, 2.24) is 0 Å². The fourth-order valence-electron chi connectivity index (χ4n) is 1.07. The average Bonchev–Trinajstić information content (AvgIpc) is 2.05. The molecule has 0 radical (unpaired) electrons. The fourth-order valence-corrected chi connectivity index (χ4v) is 1.07. The van der Waals surface area contributed by atoms with Crippen LogP contribution in [0.5, 0.6) is 0 Å². The van der Waals surface area contributed by atoms with Crippen LogP contribution in [0.1, 0.15) is 0 Å². The molecule has 48 valence electrons. The van der Waals surface area contributed by atoms with Gasteiger partial charge in [0, 0.05) is 0 Å². The number of rotatable bonds is 0. The summed E-state index contributed by atoms with van der Waals surface area (Å²) in [6.45, 7) is 0. The van der Waals surface area contributed by atoms with Gasteiger partial charge in [0.05, 0.1) is 0 Å². The molecule has 0 spiro atoms. The quantitative estimate of drug-likeness (QED) is 0.341. The molecule has 2 rings (SSSR count). The zero-order chi connectivity index (χ0) is 6.81. The third kappa shape index (κ3) is 1.65. The van der Waals surface area contributed by atoms with Crippen molar-refractivity contribution >= 4 is 10.8 Å². The van der Waals surface area contributed by atoms with E-state index in [0.29, 0.717) is 0 Å². The Morgan fingerprint density at radius 3 is 2.36 bits per heavy atom. The van der Waals surface area contributed by atoms with Crippen LogP contribution in [-0.2, 0) is 0 Å². The summed E-state index contributed by atoms with van der Waals surface area (Å²) in [6, 6.07) is 17.3. The predicted octanol–water partition coefficient (Wildman–Crippen LogP) is -0.356. The smallest absolute Gasteiger partial charge is 0.183 e. The monoisotopic (exact) mass is 134 g/mol. The number of fused-ring (bicyclic) bond motifs is 1. The van der Waals surface area contributed by atoms with E-state index in [2.05, 4.69) is 24.3 Å². The molecule has 2 aromatic carbocycles. The first-order chi connectivity index (χ1) is 4.97. The van der Waals surface area contributed by atoms with E-state index in [1.165, 1.54) is 10.8 Å². The van der Waals surface area contributed by atoms with Gasteiger partial charge in [0.25, 0.3) is 0 Å². The van der Waals surface area contributed by atoms with Crippen LogP contribution in [0.3, 0.4) is 0 Å². The van der Waals surface area contributed by atoms with E-state index in [9.17, 15) is 0 Å². The van der Waals surface area contributed by atoms with Gasteiger partial charge in [-0.3, -0.25) is 0 Å². The minimum Gasteiger partial charge on any atom is -0.183 e. The molecule has 0 heterocycles. The standard InChI is InChI=1S/C10H7.Li/c1-2-6-10-8-4-3-7-9(10)5-1;/h1-3,5-8H;/q-1;+1. The Labute approximate surface area is 78.4 Å². The first kappa shape index (κ1) is 8.39. The minimum atomic E-state index is 0. The Hall–Kier alpha value is -0.703. The van der Waals surface area contributed by atoms with E-state index in [1.807, 2.05) is 24.3 Å². The second kappa shape index (κ2) is 3.62. The van der Waals surface area contributed by atoms with Crippen LogP contribution in [0.25, 0.3) is 10.8 Å². The third-order valence-electron chi connectivity index (χ3n) is 1.59. The molecule has 0 nitrogen and oxygen atoms in total. The molecule has 0 atom stereocenters. The van der Waals surface area contributed by atoms with Crippen LogP contribution in [0.15, 0.2) is 42.5 Å². The van der Waals surface area contributed by atoms with Crippen molar-refractivity contribution in [2.75, 3.05) is 0 Å².